The van der Waals surface area contributed by atoms with Crippen molar-refractivity contribution in [2.75, 3.05) is 31.1 Å². The van der Waals surface area contributed by atoms with E-state index in [2.05, 4.69) is 9.97 Å². The zero-order valence-corrected chi connectivity index (χ0v) is 13.0. The van der Waals surface area contributed by atoms with Gasteiger partial charge in [0.25, 0.3) is 5.91 Å². The number of benzene rings is 1. The quantitative estimate of drug-likeness (QED) is 0.873. The van der Waals surface area contributed by atoms with Gasteiger partial charge in [-0.25, -0.2) is 9.97 Å². The molecule has 1 atom stereocenters. The summed E-state index contributed by atoms with van der Waals surface area (Å²) in [6, 6.07) is 11.0. The van der Waals surface area contributed by atoms with Gasteiger partial charge in [0, 0.05) is 44.1 Å². The molecule has 1 aliphatic heterocycles. The maximum Gasteiger partial charge on any atom is 0.254 e. The molecule has 0 bridgehead atoms. The zero-order valence-electron chi connectivity index (χ0n) is 13.0. The number of anilines is 1. The van der Waals surface area contributed by atoms with Gasteiger partial charge in [0.15, 0.2) is 11.5 Å². The Bertz CT molecular complexity index is 759. The predicted octanol–water partition coefficient (Wildman–Crippen LogP) is 0.672. The highest BCUT2D eigenvalue weighted by Crippen LogP contribution is 2.17. The summed E-state index contributed by atoms with van der Waals surface area (Å²) < 4.78 is 0. The number of aliphatic hydroxyl groups excluding tert-OH is 1. The molecule has 1 aliphatic rings. The minimum absolute atomic E-state index is 0.115. The SMILES string of the molecule is N#Cc1nccnc1N1CCN(C(=O)c2ccccc2)C[C@H](O)C1. The largest absolute Gasteiger partial charge is 0.389 e. The fraction of sp³-hybridized carbons (Fsp3) is 0.294. The second-order valence-electron chi connectivity index (χ2n) is 5.56. The Morgan fingerprint density at radius 2 is 1.92 bits per heavy atom. The number of carbonyl (C=O) groups is 1. The highest BCUT2D eigenvalue weighted by atomic mass is 16.3. The van der Waals surface area contributed by atoms with Crippen molar-refractivity contribution in [3.8, 4) is 6.07 Å². The molecule has 1 N–H and O–H groups in total. The maximum absolute atomic E-state index is 12.6. The molecule has 7 heteroatoms. The number of β-amino-alcohol motifs (C(OH)–C–C–N with tert-alkyl or cyclic N) is 1. The van der Waals surface area contributed by atoms with Crippen molar-refractivity contribution < 1.29 is 9.90 Å². The molecule has 1 amide bonds. The second-order valence-corrected chi connectivity index (χ2v) is 5.56. The van der Waals surface area contributed by atoms with Gasteiger partial charge >= 0.3 is 0 Å². The minimum atomic E-state index is -0.728. The van der Waals surface area contributed by atoms with Gasteiger partial charge in [-0.05, 0) is 12.1 Å². The van der Waals surface area contributed by atoms with Crippen LogP contribution in [0.1, 0.15) is 16.1 Å². The second kappa shape index (κ2) is 7.06. The van der Waals surface area contributed by atoms with Crippen LogP contribution in [0, 0.1) is 11.3 Å². The summed E-state index contributed by atoms with van der Waals surface area (Å²) in [4.78, 5) is 24.2. The first-order valence-corrected chi connectivity index (χ1v) is 7.67. The number of aliphatic hydroxyl groups is 1. The lowest BCUT2D eigenvalue weighted by Crippen LogP contribution is -2.37. The molecule has 1 aromatic heterocycles. The molecule has 2 aromatic rings. The smallest absolute Gasteiger partial charge is 0.254 e. The number of hydrogen-bond acceptors (Lipinski definition) is 6. The van der Waals surface area contributed by atoms with Crippen molar-refractivity contribution in [1.29, 1.82) is 5.26 Å². The van der Waals surface area contributed by atoms with Crippen LogP contribution in [0.15, 0.2) is 42.7 Å². The van der Waals surface area contributed by atoms with E-state index >= 15 is 0 Å². The van der Waals surface area contributed by atoms with E-state index in [0.29, 0.717) is 31.0 Å². The molecule has 2 heterocycles. The van der Waals surface area contributed by atoms with Crippen molar-refractivity contribution in [2.45, 2.75) is 6.10 Å². The average molecular weight is 323 g/mol. The third-order valence-electron chi connectivity index (χ3n) is 3.89. The fourth-order valence-corrected chi connectivity index (χ4v) is 2.77. The summed E-state index contributed by atoms with van der Waals surface area (Å²) in [6.07, 6.45) is 2.25. The molecule has 0 radical (unpaired) electrons. The highest BCUT2D eigenvalue weighted by molar-refractivity contribution is 5.94. The Morgan fingerprint density at radius 1 is 1.17 bits per heavy atom. The Balaban J connectivity index is 1.79. The van der Waals surface area contributed by atoms with Gasteiger partial charge in [0.05, 0.1) is 6.10 Å². The highest BCUT2D eigenvalue weighted by Gasteiger charge is 2.27. The summed E-state index contributed by atoms with van der Waals surface area (Å²) in [5, 5.41) is 19.5. The van der Waals surface area contributed by atoms with Crippen LogP contribution < -0.4 is 4.90 Å². The average Bonchev–Trinajstić information content (AvgIpc) is 2.83. The standard InChI is InChI=1S/C17H17N5O2/c18-10-15-16(20-7-6-19-15)21-8-9-22(12-14(23)11-21)17(24)13-4-2-1-3-5-13/h1-7,14,23H,8-9,11-12H2/t14-/m1/s1. The molecule has 0 unspecified atom stereocenters. The lowest BCUT2D eigenvalue weighted by Gasteiger charge is -2.23. The molecule has 122 valence electrons. The van der Waals surface area contributed by atoms with Crippen LogP contribution in [-0.2, 0) is 0 Å². The Morgan fingerprint density at radius 3 is 2.67 bits per heavy atom. The molecule has 1 aromatic carbocycles. The van der Waals surface area contributed by atoms with E-state index in [1.165, 1.54) is 12.4 Å². The van der Waals surface area contributed by atoms with Crippen molar-refractivity contribution in [1.82, 2.24) is 14.9 Å². The molecule has 24 heavy (non-hydrogen) atoms. The van der Waals surface area contributed by atoms with Gasteiger partial charge in [0.2, 0.25) is 0 Å². The Labute approximate surface area is 139 Å². The molecule has 0 spiro atoms. The molecular weight excluding hydrogens is 306 g/mol. The van der Waals surface area contributed by atoms with Crippen LogP contribution in [-0.4, -0.2) is 58.2 Å². The maximum atomic E-state index is 12.6. The molecule has 7 nitrogen and oxygen atoms in total. The molecular formula is C17H17N5O2. The first-order chi connectivity index (χ1) is 11.7. The first kappa shape index (κ1) is 15.9. The number of aromatic nitrogens is 2. The predicted molar refractivity (Wildman–Crippen MR) is 87.3 cm³/mol. The van der Waals surface area contributed by atoms with Crippen molar-refractivity contribution in [2.24, 2.45) is 0 Å². The molecule has 0 aliphatic carbocycles. The van der Waals surface area contributed by atoms with E-state index in [0.717, 1.165) is 0 Å². The monoisotopic (exact) mass is 323 g/mol. The number of amides is 1. The first-order valence-electron chi connectivity index (χ1n) is 7.67. The third kappa shape index (κ3) is 3.34. The number of nitriles is 1. The van der Waals surface area contributed by atoms with Crippen LogP contribution in [0.4, 0.5) is 5.82 Å². The fourth-order valence-electron chi connectivity index (χ4n) is 2.77. The topological polar surface area (TPSA) is 93.4 Å². The minimum Gasteiger partial charge on any atom is -0.389 e. The number of carbonyl (C=O) groups excluding carboxylic acids is 1. The van der Waals surface area contributed by atoms with Gasteiger partial charge in [-0.2, -0.15) is 5.26 Å². The molecule has 0 saturated carbocycles. The van der Waals surface area contributed by atoms with E-state index in [1.807, 2.05) is 24.3 Å². The van der Waals surface area contributed by atoms with Crippen molar-refractivity contribution >= 4 is 11.7 Å². The Hall–Kier alpha value is -2.98. The number of rotatable bonds is 2. The summed E-state index contributed by atoms with van der Waals surface area (Å²) >= 11 is 0. The van der Waals surface area contributed by atoms with E-state index in [9.17, 15) is 9.90 Å². The number of nitrogens with zero attached hydrogens (tertiary/aromatic N) is 5. The van der Waals surface area contributed by atoms with Crippen LogP contribution in [0.5, 0.6) is 0 Å². The summed E-state index contributed by atoms with van der Waals surface area (Å²) in [5.74, 6) is 0.323. The number of hydrogen-bond donors (Lipinski definition) is 1. The van der Waals surface area contributed by atoms with Crippen LogP contribution in [0.25, 0.3) is 0 Å². The molecule has 1 fully saturated rings. The van der Waals surface area contributed by atoms with Gasteiger partial charge in [-0.1, -0.05) is 18.2 Å². The van der Waals surface area contributed by atoms with E-state index < -0.39 is 6.10 Å². The Kier molecular flexibility index (Phi) is 4.68. The van der Waals surface area contributed by atoms with Gasteiger partial charge < -0.3 is 14.9 Å². The summed E-state index contributed by atoms with van der Waals surface area (Å²) in [6.45, 7) is 1.45. The van der Waals surface area contributed by atoms with Crippen molar-refractivity contribution in [3.63, 3.8) is 0 Å². The zero-order chi connectivity index (χ0) is 16.9. The van der Waals surface area contributed by atoms with Crippen LogP contribution >= 0.6 is 0 Å². The van der Waals surface area contributed by atoms with E-state index in [-0.39, 0.29) is 18.1 Å². The molecule has 1 saturated heterocycles. The third-order valence-corrected chi connectivity index (χ3v) is 3.89. The molecule has 3 rings (SSSR count). The lowest BCUT2D eigenvalue weighted by molar-refractivity contribution is 0.0674. The lowest BCUT2D eigenvalue weighted by atomic mass is 10.2. The van der Waals surface area contributed by atoms with E-state index in [1.54, 1.807) is 21.9 Å². The van der Waals surface area contributed by atoms with Crippen LogP contribution in [0.3, 0.4) is 0 Å². The summed E-state index contributed by atoms with van der Waals surface area (Å²) in [5.41, 5.74) is 0.808. The van der Waals surface area contributed by atoms with Gasteiger partial charge in [-0.3, -0.25) is 4.79 Å². The van der Waals surface area contributed by atoms with Gasteiger partial charge in [0.1, 0.15) is 6.07 Å². The van der Waals surface area contributed by atoms with E-state index in [4.69, 9.17) is 5.26 Å². The summed E-state index contributed by atoms with van der Waals surface area (Å²) in [7, 11) is 0. The van der Waals surface area contributed by atoms with Crippen molar-refractivity contribution in [3.05, 3.63) is 54.0 Å². The normalized spacial score (nSPS) is 17.9. The van der Waals surface area contributed by atoms with Gasteiger partial charge in [-0.15, -0.1) is 0 Å². The van der Waals surface area contributed by atoms with Crippen LogP contribution in [0.2, 0.25) is 0 Å².